The number of hydrogen-bond donors (Lipinski definition) is 1. The molecule has 0 saturated heterocycles. The van der Waals surface area contributed by atoms with Crippen molar-refractivity contribution in [2.75, 3.05) is 7.11 Å². The van der Waals surface area contributed by atoms with E-state index in [1.807, 2.05) is 12.1 Å². The van der Waals surface area contributed by atoms with Crippen LogP contribution in [0.2, 0.25) is 0 Å². The minimum Gasteiger partial charge on any atom is -0.507 e. The zero-order valence-electron chi connectivity index (χ0n) is 10.6. The third kappa shape index (κ3) is 4.38. The molecule has 0 heterocycles. The van der Waals surface area contributed by atoms with E-state index in [9.17, 15) is 5.11 Å². The number of benzene rings is 1. The summed E-state index contributed by atoms with van der Waals surface area (Å²) in [5, 5.41) is 13.5. The van der Waals surface area contributed by atoms with Crippen LogP contribution in [0.15, 0.2) is 27.8 Å². The molecule has 0 saturated carbocycles. The van der Waals surface area contributed by atoms with E-state index >= 15 is 0 Å². The molecule has 0 radical (unpaired) electrons. The van der Waals surface area contributed by atoms with Crippen LogP contribution in [-0.4, -0.2) is 17.9 Å². The fourth-order valence-corrected chi connectivity index (χ4v) is 1.86. The van der Waals surface area contributed by atoms with Crippen molar-refractivity contribution in [3.05, 3.63) is 28.2 Å². The highest BCUT2D eigenvalue weighted by molar-refractivity contribution is 9.10. The molecule has 0 aliphatic heterocycles. The predicted octanol–water partition coefficient (Wildman–Crippen LogP) is 3.94. The third-order valence-corrected chi connectivity index (χ3v) is 2.82. The standard InChI is InChI=1S/C13H18BrNO2/c1-13(2,3)8-11(15-17-4)9-5-6-12(16)10(14)7-9/h5-7,16H,8H2,1-4H3. The monoisotopic (exact) mass is 299 g/mol. The maximum absolute atomic E-state index is 9.47. The molecule has 94 valence electrons. The van der Waals surface area contributed by atoms with Gasteiger partial charge < -0.3 is 9.94 Å². The molecule has 1 N–H and O–H groups in total. The van der Waals surface area contributed by atoms with Crippen LogP contribution in [0.4, 0.5) is 0 Å². The summed E-state index contributed by atoms with van der Waals surface area (Å²) < 4.78 is 0.660. The highest BCUT2D eigenvalue weighted by Crippen LogP contribution is 2.28. The lowest BCUT2D eigenvalue weighted by atomic mass is 9.87. The number of hydrogen-bond acceptors (Lipinski definition) is 3. The highest BCUT2D eigenvalue weighted by Gasteiger charge is 2.17. The van der Waals surface area contributed by atoms with Gasteiger partial charge in [-0.25, -0.2) is 0 Å². The van der Waals surface area contributed by atoms with Crippen LogP contribution in [0.5, 0.6) is 5.75 Å². The SMILES string of the molecule is CON=C(CC(C)(C)C)c1ccc(O)c(Br)c1. The zero-order chi connectivity index (χ0) is 13.1. The first-order valence-corrected chi connectivity index (χ1v) is 6.22. The summed E-state index contributed by atoms with van der Waals surface area (Å²) >= 11 is 3.30. The number of halogens is 1. The Morgan fingerprint density at radius 3 is 2.53 bits per heavy atom. The van der Waals surface area contributed by atoms with Gasteiger partial charge in [-0.05, 0) is 46.0 Å². The van der Waals surface area contributed by atoms with E-state index in [1.54, 1.807) is 6.07 Å². The molecular formula is C13H18BrNO2. The van der Waals surface area contributed by atoms with Crippen molar-refractivity contribution in [2.45, 2.75) is 27.2 Å². The number of nitrogens with zero attached hydrogens (tertiary/aromatic N) is 1. The Kier molecular flexibility index (Phi) is 4.57. The maximum Gasteiger partial charge on any atom is 0.129 e. The van der Waals surface area contributed by atoms with Gasteiger partial charge in [0, 0.05) is 5.56 Å². The molecule has 0 amide bonds. The topological polar surface area (TPSA) is 41.8 Å². The Bertz CT molecular complexity index is 422. The summed E-state index contributed by atoms with van der Waals surface area (Å²) in [6.07, 6.45) is 0.804. The van der Waals surface area contributed by atoms with E-state index in [1.165, 1.54) is 7.11 Å². The Morgan fingerprint density at radius 1 is 1.41 bits per heavy atom. The van der Waals surface area contributed by atoms with Gasteiger partial charge in [0.1, 0.15) is 12.9 Å². The van der Waals surface area contributed by atoms with Crippen LogP contribution in [0, 0.1) is 5.41 Å². The molecule has 1 aromatic rings. The van der Waals surface area contributed by atoms with E-state index in [-0.39, 0.29) is 11.2 Å². The second-order valence-corrected chi connectivity index (χ2v) is 5.98. The van der Waals surface area contributed by atoms with Gasteiger partial charge in [0.25, 0.3) is 0 Å². The highest BCUT2D eigenvalue weighted by atomic mass is 79.9. The molecule has 0 aromatic heterocycles. The number of rotatable bonds is 3. The van der Waals surface area contributed by atoms with Crippen molar-refractivity contribution in [1.82, 2.24) is 0 Å². The first kappa shape index (κ1) is 14.0. The summed E-state index contributed by atoms with van der Waals surface area (Å²) in [7, 11) is 1.54. The van der Waals surface area contributed by atoms with E-state index < -0.39 is 0 Å². The second kappa shape index (κ2) is 5.54. The Morgan fingerprint density at radius 2 is 2.06 bits per heavy atom. The molecular weight excluding hydrogens is 282 g/mol. The molecule has 0 fully saturated rings. The van der Waals surface area contributed by atoms with Crippen molar-refractivity contribution in [3.63, 3.8) is 0 Å². The minimum absolute atomic E-state index is 0.127. The molecule has 0 spiro atoms. The molecule has 0 unspecified atom stereocenters. The molecule has 1 aromatic carbocycles. The van der Waals surface area contributed by atoms with Crippen molar-refractivity contribution in [3.8, 4) is 5.75 Å². The summed E-state index contributed by atoms with van der Waals surface area (Å²) in [6, 6.07) is 5.33. The Hall–Kier alpha value is -1.03. The first-order chi connectivity index (χ1) is 7.83. The molecule has 0 aliphatic carbocycles. The lowest BCUT2D eigenvalue weighted by Crippen LogP contribution is -2.14. The van der Waals surface area contributed by atoms with Gasteiger partial charge in [-0.2, -0.15) is 0 Å². The number of phenols is 1. The molecule has 0 aliphatic rings. The van der Waals surface area contributed by atoms with E-state index in [0.29, 0.717) is 4.47 Å². The van der Waals surface area contributed by atoms with Crippen LogP contribution < -0.4 is 0 Å². The minimum atomic E-state index is 0.127. The van der Waals surface area contributed by atoms with Gasteiger partial charge in [0.15, 0.2) is 0 Å². The van der Waals surface area contributed by atoms with Gasteiger partial charge >= 0.3 is 0 Å². The van der Waals surface area contributed by atoms with Gasteiger partial charge in [-0.1, -0.05) is 25.9 Å². The van der Waals surface area contributed by atoms with Crippen LogP contribution in [0.25, 0.3) is 0 Å². The fourth-order valence-electron chi connectivity index (χ4n) is 1.49. The van der Waals surface area contributed by atoms with Gasteiger partial charge in [-0.15, -0.1) is 0 Å². The van der Waals surface area contributed by atoms with Crippen LogP contribution in [0.1, 0.15) is 32.8 Å². The molecule has 1 rings (SSSR count). The van der Waals surface area contributed by atoms with E-state index in [0.717, 1.165) is 17.7 Å². The van der Waals surface area contributed by atoms with E-state index in [2.05, 4.69) is 41.9 Å². The zero-order valence-corrected chi connectivity index (χ0v) is 12.2. The lowest BCUT2D eigenvalue weighted by molar-refractivity contribution is 0.211. The molecule has 17 heavy (non-hydrogen) atoms. The average Bonchev–Trinajstić information content (AvgIpc) is 2.19. The number of aromatic hydroxyl groups is 1. The summed E-state index contributed by atoms with van der Waals surface area (Å²) in [5.41, 5.74) is 1.95. The van der Waals surface area contributed by atoms with Crippen molar-refractivity contribution in [1.29, 1.82) is 0 Å². The normalized spacial score (nSPS) is 12.6. The smallest absolute Gasteiger partial charge is 0.129 e. The maximum atomic E-state index is 9.47. The molecule has 0 atom stereocenters. The average molecular weight is 300 g/mol. The Labute approximate surface area is 111 Å². The van der Waals surface area contributed by atoms with Crippen molar-refractivity contribution < 1.29 is 9.94 Å². The lowest BCUT2D eigenvalue weighted by Gasteiger charge is -2.19. The van der Waals surface area contributed by atoms with Crippen LogP contribution in [-0.2, 0) is 4.84 Å². The number of phenolic OH excluding ortho intramolecular Hbond substituents is 1. The van der Waals surface area contributed by atoms with Gasteiger partial charge in [0.2, 0.25) is 0 Å². The predicted molar refractivity (Wildman–Crippen MR) is 73.4 cm³/mol. The molecule has 3 nitrogen and oxygen atoms in total. The van der Waals surface area contributed by atoms with Crippen LogP contribution >= 0.6 is 15.9 Å². The quantitative estimate of drug-likeness (QED) is 0.678. The summed E-state index contributed by atoms with van der Waals surface area (Å²) in [5.74, 6) is 0.223. The van der Waals surface area contributed by atoms with Gasteiger partial charge in [0.05, 0.1) is 10.2 Å². The van der Waals surface area contributed by atoms with Gasteiger partial charge in [-0.3, -0.25) is 0 Å². The van der Waals surface area contributed by atoms with Crippen molar-refractivity contribution in [2.24, 2.45) is 10.6 Å². The first-order valence-electron chi connectivity index (χ1n) is 5.42. The number of oxime groups is 1. The molecule has 4 heteroatoms. The fraction of sp³-hybridized carbons (Fsp3) is 0.462. The summed E-state index contributed by atoms with van der Waals surface area (Å²) in [4.78, 5) is 4.88. The second-order valence-electron chi connectivity index (χ2n) is 5.12. The van der Waals surface area contributed by atoms with Crippen molar-refractivity contribution >= 4 is 21.6 Å². The van der Waals surface area contributed by atoms with E-state index in [4.69, 9.17) is 4.84 Å². The summed E-state index contributed by atoms with van der Waals surface area (Å²) in [6.45, 7) is 6.44. The molecule has 0 bridgehead atoms. The Balaban J connectivity index is 3.06. The third-order valence-electron chi connectivity index (χ3n) is 2.18. The largest absolute Gasteiger partial charge is 0.507 e. The van der Waals surface area contributed by atoms with Crippen LogP contribution in [0.3, 0.4) is 0 Å².